The standard InChI is InChI=1S/C15H14F2N2O2/c1-2-13(10-3-5-11(16)6-4-10)18-14-9-12(17)7-8-15(14)19(20)21/h3-9,13,18H,2H2,1H3. The van der Waals surface area contributed by atoms with Gasteiger partial charge in [-0.1, -0.05) is 19.1 Å². The molecule has 4 nitrogen and oxygen atoms in total. The largest absolute Gasteiger partial charge is 0.373 e. The molecule has 0 aliphatic heterocycles. The van der Waals surface area contributed by atoms with Gasteiger partial charge in [-0.05, 0) is 30.2 Å². The summed E-state index contributed by atoms with van der Waals surface area (Å²) >= 11 is 0. The third-order valence-corrected chi connectivity index (χ3v) is 3.17. The summed E-state index contributed by atoms with van der Waals surface area (Å²) in [7, 11) is 0. The van der Waals surface area contributed by atoms with Gasteiger partial charge in [-0.2, -0.15) is 0 Å². The molecule has 2 aromatic carbocycles. The van der Waals surface area contributed by atoms with Crippen LogP contribution >= 0.6 is 0 Å². The molecule has 0 aliphatic carbocycles. The molecule has 0 aromatic heterocycles. The maximum atomic E-state index is 13.3. The molecule has 0 bridgehead atoms. The summed E-state index contributed by atoms with van der Waals surface area (Å²) < 4.78 is 26.3. The van der Waals surface area contributed by atoms with Gasteiger partial charge < -0.3 is 5.32 Å². The molecule has 1 N–H and O–H groups in total. The smallest absolute Gasteiger partial charge is 0.292 e. The summed E-state index contributed by atoms with van der Waals surface area (Å²) in [4.78, 5) is 10.4. The second-order valence-electron chi connectivity index (χ2n) is 4.58. The maximum Gasteiger partial charge on any atom is 0.292 e. The minimum absolute atomic E-state index is 0.108. The Bertz CT molecular complexity index is 645. The number of rotatable bonds is 5. The van der Waals surface area contributed by atoms with E-state index in [1.54, 1.807) is 12.1 Å². The molecule has 21 heavy (non-hydrogen) atoms. The van der Waals surface area contributed by atoms with Crippen molar-refractivity contribution in [2.75, 3.05) is 5.32 Å². The zero-order chi connectivity index (χ0) is 15.4. The summed E-state index contributed by atoms with van der Waals surface area (Å²) in [5.41, 5.74) is 0.686. The van der Waals surface area contributed by atoms with Crippen LogP contribution in [-0.2, 0) is 0 Å². The summed E-state index contributed by atoms with van der Waals surface area (Å²) in [6, 6.07) is 8.82. The number of hydrogen-bond acceptors (Lipinski definition) is 3. The molecule has 0 fully saturated rings. The molecule has 0 radical (unpaired) electrons. The fourth-order valence-corrected chi connectivity index (χ4v) is 2.09. The predicted octanol–water partition coefficient (Wildman–Crippen LogP) is 4.44. The van der Waals surface area contributed by atoms with Crippen LogP contribution in [0, 0.1) is 21.7 Å². The number of benzene rings is 2. The van der Waals surface area contributed by atoms with Crippen LogP contribution in [-0.4, -0.2) is 4.92 Å². The van der Waals surface area contributed by atoms with Gasteiger partial charge in [0.15, 0.2) is 0 Å². The molecule has 0 heterocycles. The summed E-state index contributed by atoms with van der Waals surface area (Å²) in [6.07, 6.45) is 0.610. The molecule has 0 amide bonds. The van der Waals surface area contributed by atoms with Gasteiger partial charge >= 0.3 is 0 Å². The lowest BCUT2D eigenvalue weighted by Gasteiger charge is -2.18. The fourth-order valence-electron chi connectivity index (χ4n) is 2.09. The molecule has 1 atom stereocenters. The van der Waals surface area contributed by atoms with E-state index in [1.807, 2.05) is 6.92 Å². The topological polar surface area (TPSA) is 55.2 Å². The third kappa shape index (κ3) is 3.53. The van der Waals surface area contributed by atoms with Crippen LogP contribution in [0.2, 0.25) is 0 Å². The van der Waals surface area contributed by atoms with Crippen LogP contribution in [0.15, 0.2) is 42.5 Å². The average molecular weight is 292 g/mol. The Labute approximate surface area is 120 Å². The van der Waals surface area contributed by atoms with E-state index in [0.29, 0.717) is 6.42 Å². The van der Waals surface area contributed by atoms with Crippen molar-refractivity contribution in [1.29, 1.82) is 0 Å². The van der Waals surface area contributed by atoms with Crippen LogP contribution in [0.1, 0.15) is 24.9 Å². The summed E-state index contributed by atoms with van der Waals surface area (Å²) in [5.74, 6) is -0.914. The van der Waals surface area contributed by atoms with Crippen molar-refractivity contribution in [2.24, 2.45) is 0 Å². The van der Waals surface area contributed by atoms with E-state index < -0.39 is 10.7 Å². The van der Waals surface area contributed by atoms with Crippen molar-refractivity contribution in [3.05, 3.63) is 69.8 Å². The highest BCUT2D eigenvalue weighted by atomic mass is 19.1. The Balaban J connectivity index is 2.32. The molecule has 2 aromatic rings. The average Bonchev–Trinajstić information content (AvgIpc) is 2.45. The number of anilines is 1. The van der Waals surface area contributed by atoms with E-state index in [-0.39, 0.29) is 23.2 Å². The zero-order valence-electron chi connectivity index (χ0n) is 11.3. The lowest BCUT2D eigenvalue weighted by Crippen LogP contribution is -2.11. The second kappa shape index (κ2) is 6.30. The first-order valence-electron chi connectivity index (χ1n) is 6.47. The summed E-state index contributed by atoms with van der Waals surface area (Å²) in [5, 5.41) is 13.9. The van der Waals surface area contributed by atoms with E-state index in [0.717, 1.165) is 23.8 Å². The number of halogens is 2. The molecule has 0 saturated heterocycles. The van der Waals surface area contributed by atoms with Gasteiger partial charge in [-0.15, -0.1) is 0 Å². The number of nitro groups is 1. The highest BCUT2D eigenvalue weighted by Crippen LogP contribution is 2.30. The van der Waals surface area contributed by atoms with Crippen molar-refractivity contribution in [1.82, 2.24) is 0 Å². The number of nitrogens with zero attached hydrogens (tertiary/aromatic N) is 1. The number of nitro benzene ring substituents is 1. The molecule has 0 aliphatic rings. The van der Waals surface area contributed by atoms with E-state index in [4.69, 9.17) is 0 Å². The highest BCUT2D eigenvalue weighted by Gasteiger charge is 2.18. The number of nitrogens with one attached hydrogen (secondary N) is 1. The van der Waals surface area contributed by atoms with E-state index in [9.17, 15) is 18.9 Å². The predicted molar refractivity (Wildman–Crippen MR) is 76.1 cm³/mol. The Morgan fingerprint density at radius 2 is 1.76 bits per heavy atom. The summed E-state index contributed by atoms with van der Waals surface area (Å²) in [6.45, 7) is 1.88. The third-order valence-electron chi connectivity index (χ3n) is 3.17. The van der Waals surface area contributed by atoms with Gasteiger partial charge in [0.1, 0.15) is 17.3 Å². The van der Waals surface area contributed by atoms with Crippen LogP contribution in [0.3, 0.4) is 0 Å². The molecular formula is C15H14F2N2O2. The van der Waals surface area contributed by atoms with Gasteiger partial charge in [0.05, 0.1) is 11.0 Å². The first-order valence-corrected chi connectivity index (χ1v) is 6.47. The van der Waals surface area contributed by atoms with Crippen molar-refractivity contribution < 1.29 is 13.7 Å². The maximum absolute atomic E-state index is 13.3. The van der Waals surface area contributed by atoms with Crippen LogP contribution < -0.4 is 5.32 Å². The van der Waals surface area contributed by atoms with E-state index in [1.165, 1.54) is 12.1 Å². The van der Waals surface area contributed by atoms with Crippen LogP contribution in [0.4, 0.5) is 20.2 Å². The van der Waals surface area contributed by atoms with Gasteiger partial charge in [0, 0.05) is 12.1 Å². The molecule has 2 rings (SSSR count). The number of hydrogen-bond donors (Lipinski definition) is 1. The Morgan fingerprint density at radius 3 is 2.33 bits per heavy atom. The van der Waals surface area contributed by atoms with Crippen LogP contribution in [0.5, 0.6) is 0 Å². The van der Waals surface area contributed by atoms with Crippen molar-refractivity contribution in [3.63, 3.8) is 0 Å². The van der Waals surface area contributed by atoms with E-state index in [2.05, 4.69) is 5.32 Å². The quantitative estimate of drug-likeness (QED) is 0.655. The zero-order valence-corrected chi connectivity index (χ0v) is 11.3. The van der Waals surface area contributed by atoms with Crippen molar-refractivity contribution >= 4 is 11.4 Å². The molecule has 110 valence electrons. The van der Waals surface area contributed by atoms with Gasteiger partial charge in [0.2, 0.25) is 0 Å². The lowest BCUT2D eigenvalue weighted by molar-refractivity contribution is -0.384. The van der Waals surface area contributed by atoms with Gasteiger partial charge in [0.25, 0.3) is 5.69 Å². The highest BCUT2D eigenvalue weighted by molar-refractivity contribution is 5.62. The fraction of sp³-hybridized carbons (Fsp3) is 0.200. The van der Waals surface area contributed by atoms with Crippen LogP contribution in [0.25, 0.3) is 0 Å². The molecule has 0 spiro atoms. The molecule has 1 unspecified atom stereocenters. The van der Waals surface area contributed by atoms with Gasteiger partial charge in [-0.3, -0.25) is 10.1 Å². The SMILES string of the molecule is CCC(Nc1cc(F)ccc1[N+](=O)[O-])c1ccc(F)cc1. The van der Waals surface area contributed by atoms with E-state index >= 15 is 0 Å². The first kappa shape index (κ1) is 14.9. The van der Waals surface area contributed by atoms with Crippen molar-refractivity contribution in [3.8, 4) is 0 Å². The normalized spacial score (nSPS) is 12.0. The monoisotopic (exact) mass is 292 g/mol. The second-order valence-corrected chi connectivity index (χ2v) is 4.58. The van der Waals surface area contributed by atoms with Gasteiger partial charge in [-0.25, -0.2) is 8.78 Å². The Hall–Kier alpha value is -2.50. The Morgan fingerprint density at radius 1 is 1.14 bits per heavy atom. The molecule has 6 heteroatoms. The molecular weight excluding hydrogens is 278 g/mol. The minimum Gasteiger partial charge on any atom is -0.373 e. The minimum atomic E-state index is -0.570. The Kier molecular flexibility index (Phi) is 4.47. The first-order chi connectivity index (χ1) is 10.0. The van der Waals surface area contributed by atoms with Crippen molar-refractivity contribution in [2.45, 2.75) is 19.4 Å². The molecule has 0 saturated carbocycles. The lowest BCUT2D eigenvalue weighted by atomic mass is 10.0.